The van der Waals surface area contributed by atoms with Gasteiger partial charge in [0.1, 0.15) is 17.7 Å². The molecule has 1 saturated carbocycles. The summed E-state index contributed by atoms with van der Waals surface area (Å²) in [5.41, 5.74) is 6.06. The Morgan fingerprint density at radius 3 is 2.35 bits per heavy atom. The normalized spacial score (nSPS) is 13.7. The molecule has 4 heterocycles. The number of alkyl halides is 1. The third kappa shape index (κ3) is 5.85. The number of aryl methyl sites for hydroxylation is 1. The standard InChI is InChI=1S/C37H40FN9O2/c1-7-46(8-2)37(49)32-27(18-25-19-44(5)42-34(25)39-32)35-40-31(33(45(35)6)23-14-15-23)26-10-9-11-30-28(26)20-47(41-30)21-29(38)22-12-16-24(17-13-22)36(48)43(3)4/h9-13,16-20,23,29H,7-8,14-15,21H2,1-6H3. The number of rotatable bonds is 10. The summed E-state index contributed by atoms with van der Waals surface area (Å²) in [6.07, 6.45) is 4.56. The number of carbonyl (C=O) groups is 2. The van der Waals surface area contributed by atoms with Crippen molar-refractivity contribution >= 4 is 33.8 Å². The molecule has 0 N–H and O–H groups in total. The number of pyridine rings is 1. The Labute approximate surface area is 284 Å². The highest BCUT2D eigenvalue weighted by Gasteiger charge is 2.34. The molecule has 49 heavy (non-hydrogen) atoms. The maximum Gasteiger partial charge on any atom is 0.273 e. The lowest BCUT2D eigenvalue weighted by molar-refractivity contribution is 0.0767. The summed E-state index contributed by atoms with van der Waals surface area (Å²) >= 11 is 0. The summed E-state index contributed by atoms with van der Waals surface area (Å²) in [7, 11) is 7.23. The van der Waals surface area contributed by atoms with E-state index in [-0.39, 0.29) is 18.4 Å². The van der Waals surface area contributed by atoms with Crippen molar-refractivity contribution in [1.29, 1.82) is 0 Å². The number of carbonyl (C=O) groups excluding carboxylic acids is 2. The van der Waals surface area contributed by atoms with E-state index in [1.54, 1.807) is 52.6 Å². The van der Waals surface area contributed by atoms with Crippen LogP contribution in [0, 0.1) is 0 Å². The SMILES string of the molecule is CCN(CC)C(=O)c1nc2nn(C)cc2cc1-c1nc(-c2cccc3nn(CC(F)c4ccc(C(=O)N(C)C)cc4)cc23)c(C2CC2)n1C. The van der Waals surface area contributed by atoms with Crippen LogP contribution in [0.15, 0.2) is 60.9 Å². The molecule has 1 fully saturated rings. The van der Waals surface area contributed by atoms with E-state index in [9.17, 15) is 9.59 Å². The topological polar surface area (TPSA) is 107 Å². The molecule has 1 atom stereocenters. The molecule has 0 radical (unpaired) electrons. The van der Waals surface area contributed by atoms with E-state index in [4.69, 9.17) is 15.1 Å². The second kappa shape index (κ2) is 12.6. The summed E-state index contributed by atoms with van der Waals surface area (Å²) in [5.74, 6) is 0.709. The number of fused-ring (bicyclic) bond motifs is 2. The number of hydrogen-bond donors (Lipinski definition) is 0. The zero-order valence-electron chi connectivity index (χ0n) is 28.7. The Hall–Kier alpha value is -5.39. The number of halogens is 1. The molecule has 0 spiro atoms. The van der Waals surface area contributed by atoms with Crippen molar-refractivity contribution in [1.82, 2.24) is 43.9 Å². The van der Waals surface area contributed by atoms with E-state index in [1.807, 2.05) is 64.6 Å². The molecule has 252 valence electrons. The Balaban J connectivity index is 1.29. The number of aromatic nitrogens is 7. The fourth-order valence-electron chi connectivity index (χ4n) is 6.60. The minimum atomic E-state index is -1.32. The van der Waals surface area contributed by atoms with Gasteiger partial charge in [-0.3, -0.25) is 19.0 Å². The molecule has 4 aromatic heterocycles. The molecule has 0 saturated heterocycles. The lowest BCUT2D eigenvalue weighted by Gasteiger charge is -2.19. The van der Waals surface area contributed by atoms with Gasteiger partial charge in [-0.25, -0.2) is 14.4 Å². The van der Waals surface area contributed by atoms with Crippen LogP contribution in [0.5, 0.6) is 0 Å². The quantitative estimate of drug-likeness (QED) is 0.174. The monoisotopic (exact) mass is 661 g/mol. The van der Waals surface area contributed by atoms with Gasteiger partial charge in [-0.15, -0.1) is 0 Å². The summed E-state index contributed by atoms with van der Waals surface area (Å²) in [6, 6.07) is 14.5. The Morgan fingerprint density at radius 1 is 0.939 bits per heavy atom. The van der Waals surface area contributed by atoms with Gasteiger partial charge in [-0.05, 0) is 56.5 Å². The van der Waals surface area contributed by atoms with Crippen LogP contribution in [0.1, 0.15) is 70.9 Å². The molecule has 11 nitrogen and oxygen atoms in total. The van der Waals surface area contributed by atoms with Crippen molar-refractivity contribution < 1.29 is 14.0 Å². The first-order chi connectivity index (χ1) is 23.6. The molecular formula is C37H40FN9O2. The Kier molecular flexibility index (Phi) is 8.25. The highest BCUT2D eigenvalue weighted by Crippen LogP contribution is 2.47. The van der Waals surface area contributed by atoms with Gasteiger partial charge in [0.05, 0.1) is 17.8 Å². The minimum absolute atomic E-state index is 0.0195. The summed E-state index contributed by atoms with van der Waals surface area (Å²) in [4.78, 5) is 39.4. The van der Waals surface area contributed by atoms with E-state index in [1.165, 1.54) is 4.90 Å². The van der Waals surface area contributed by atoms with Crippen molar-refractivity contribution in [2.24, 2.45) is 14.1 Å². The average Bonchev–Trinajstić information content (AvgIpc) is 3.59. The van der Waals surface area contributed by atoms with Crippen LogP contribution in [-0.4, -0.2) is 82.9 Å². The zero-order valence-corrected chi connectivity index (χ0v) is 28.7. The van der Waals surface area contributed by atoms with Crippen LogP contribution in [0.2, 0.25) is 0 Å². The van der Waals surface area contributed by atoms with Gasteiger partial charge >= 0.3 is 0 Å². The average molecular weight is 662 g/mol. The van der Waals surface area contributed by atoms with Gasteiger partial charge in [-0.1, -0.05) is 24.3 Å². The van der Waals surface area contributed by atoms with E-state index in [0.29, 0.717) is 52.9 Å². The maximum absolute atomic E-state index is 15.6. The number of imidazole rings is 1. The lowest BCUT2D eigenvalue weighted by Crippen LogP contribution is -2.31. The highest BCUT2D eigenvalue weighted by molar-refractivity contribution is 6.02. The van der Waals surface area contributed by atoms with Gasteiger partial charge in [-0.2, -0.15) is 10.2 Å². The first-order valence-electron chi connectivity index (χ1n) is 16.7. The maximum atomic E-state index is 15.6. The highest BCUT2D eigenvalue weighted by atomic mass is 19.1. The van der Waals surface area contributed by atoms with Gasteiger partial charge in [0.15, 0.2) is 5.65 Å². The molecule has 1 aliphatic rings. The van der Waals surface area contributed by atoms with Crippen molar-refractivity contribution in [2.45, 2.75) is 45.3 Å². The van der Waals surface area contributed by atoms with Gasteiger partial charge in [0.25, 0.3) is 11.8 Å². The largest absolute Gasteiger partial charge is 0.345 e. The predicted octanol–water partition coefficient (Wildman–Crippen LogP) is 6.16. The summed E-state index contributed by atoms with van der Waals surface area (Å²) < 4.78 is 21.0. The third-order valence-corrected chi connectivity index (χ3v) is 9.33. The number of hydrogen-bond acceptors (Lipinski definition) is 6. The first kappa shape index (κ1) is 32.2. The van der Waals surface area contributed by atoms with Crippen molar-refractivity contribution in [3.8, 4) is 22.6 Å². The van der Waals surface area contributed by atoms with Crippen LogP contribution < -0.4 is 0 Å². The molecule has 0 aliphatic heterocycles. The fourth-order valence-corrected chi connectivity index (χ4v) is 6.60. The molecule has 7 rings (SSSR count). The number of amides is 2. The molecule has 1 aliphatic carbocycles. The molecule has 0 bridgehead atoms. The molecule has 6 aromatic rings. The lowest BCUT2D eigenvalue weighted by atomic mass is 10.0. The summed E-state index contributed by atoms with van der Waals surface area (Å²) in [5, 5.41) is 10.9. The molecule has 1 unspecified atom stereocenters. The second-order valence-corrected chi connectivity index (χ2v) is 13.0. The van der Waals surface area contributed by atoms with E-state index < -0.39 is 6.17 Å². The van der Waals surface area contributed by atoms with Crippen molar-refractivity contribution in [3.63, 3.8) is 0 Å². The van der Waals surface area contributed by atoms with Crippen LogP contribution >= 0.6 is 0 Å². The second-order valence-electron chi connectivity index (χ2n) is 13.0. The Bertz CT molecular complexity index is 2200. The van der Waals surface area contributed by atoms with E-state index in [2.05, 4.69) is 9.67 Å². The molecule has 2 amide bonds. The molecule has 12 heteroatoms. The number of benzene rings is 2. The van der Waals surface area contributed by atoms with Gasteiger partial charge in [0, 0.05) is 92.7 Å². The van der Waals surface area contributed by atoms with Crippen LogP contribution in [0.4, 0.5) is 4.39 Å². The fraction of sp³-hybridized carbons (Fsp3) is 0.351. The summed E-state index contributed by atoms with van der Waals surface area (Å²) in [6.45, 7) is 5.05. The van der Waals surface area contributed by atoms with Crippen molar-refractivity contribution in [2.75, 3.05) is 27.2 Å². The van der Waals surface area contributed by atoms with E-state index in [0.717, 1.165) is 46.1 Å². The first-order valence-corrected chi connectivity index (χ1v) is 16.7. The van der Waals surface area contributed by atoms with E-state index >= 15 is 4.39 Å². The number of nitrogens with zero attached hydrogens (tertiary/aromatic N) is 9. The minimum Gasteiger partial charge on any atom is -0.345 e. The predicted molar refractivity (Wildman–Crippen MR) is 187 cm³/mol. The van der Waals surface area contributed by atoms with Gasteiger partial charge < -0.3 is 14.4 Å². The third-order valence-electron chi connectivity index (χ3n) is 9.33. The smallest absolute Gasteiger partial charge is 0.273 e. The van der Waals surface area contributed by atoms with Crippen molar-refractivity contribution in [3.05, 3.63) is 83.4 Å². The van der Waals surface area contributed by atoms with Gasteiger partial charge in [0.2, 0.25) is 0 Å². The Morgan fingerprint density at radius 2 is 1.67 bits per heavy atom. The molecule has 2 aromatic carbocycles. The zero-order chi connectivity index (χ0) is 34.6. The van der Waals surface area contributed by atoms with Crippen LogP contribution in [0.25, 0.3) is 44.6 Å². The van der Waals surface area contributed by atoms with Crippen LogP contribution in [-0.2, 0) is 20.6 Å². The molecular weight excluding hydrogens is 621 g/mol. The van der Waals surface area contributed by atoms with Crippen LogP contribution in [0.3, 0.4) is 0 Å².